The number of halogens is 2. The van der Waals surface area contributed by atoms with Crippen LogP contribution in [0.2, 0.25) is 5.02 Å². The fourth-order valence-electron chi connectivity index (χ4n) is 1.57. The van der Waals surface area contributed by atoms with E-state index in [9.17, 15) is 8.42 Å². The topological polar surface area (TPSA) is 70.0 Å². The predicted octanol–water partition coefficient (Wildman–Crippen LogP) is 3.77. The molecular formula is C13H8BrClN2O2S. The number of anilines is 1. The molecule has 0 saturated carbocycles. The van der Waals surface area contributed by atoms with Crippen LogP contribution in [0, 0.1) is 11.3 Å². The second-order valence-electron chi connectivity index (χ2n) is 3.84. The van der Waals surface area contributed by atoms with E-state index in [1.54, 1.807) is 30.3 Å². The summed E-state index contributed by atoms with van der Waals surface area (Å²) < 4.78 is 27.7. The highest BCUT2D eigenvalue weighted by Crippen LogP contribution is 2.28. The molecule has 0 atom stereocenters. The fourth-order valence-corrected chi connectivity index (χ4v) is 3.38. The molecule has 0 fully saturated rings. The predicted molar refractivity (Wildman–Crippen MR) is 81.1 cm³/mol. The zero-order valence-electron chi connectivity index (χ0n) is 9.97. The van der Waals surface area contributed by atoms with Gasteiger partial charge < -0.3 is 0 Å². The summed E-state index contributed by atoms with van der Waals surface area (Å²) in [4.78, 5) is -0.0847. The minimum atomic E-state index is -3.87. The Morgan fingerprint density at radius 2 is 1.90 bits per heavy atom. The van der Waals surface area contributed by atoms with E-state index in [0.29, 0.717) is 4.47 Å². The van der Waals surface area contributed by atoms with Crippen molar-refractivity contribution in [3.05, 3.63) is 57.5 Å². The van der Waals surface area contributed by atoms with Gasteiger partial charge >= 0.3 is 0 Å². The zero-order chi connectivity index (χ0) is 14.8. The molecule has 0 amide bonds. The summed E-state index contributed by atoms with van der Waals surface area (Å²) in [5.41, 5.74) is 0.319. The summed E-state index contributed by atoms with van der Waals surface area (Å²) >= 11 is 9.19. The second kappa shape index (κ2) is 5.83. The van der Waals surface area contributed by atoms with Gasteiger partial charge in [-0.1, -0.05) is 39.7 Å². The summed E-state index contributed by atoms with van der Waals surface area (Å²) in [6.45, 7) is 0. The highest BCUT2D eigenvalue weighted by molar-refractivity contribution is 9.10. The van der Waals surface area contributed by atoms with E-state index in [1.165, 1.54) is 12.1 Å². The Hall–Kier alpha value is -1.55. The van der Waals surface area contributed by atoms with Gasteiger partial charge in [0.25, 0.3) is 10.0 Å². The van der Waals surface area contributed by atoms with Crippen molar-refractivity contribution in [1.29, 1.82) is 5.26 Å². The van der Waals surface area contributed by atoms with Crippen LogP contribution < -0.4 is 4.72 Å². The first kappa shape index (κ1) is 14.9. The lowest BCUT2D eigenvalue weighted by Crippen LogP contribution is -2.14. The van der Waals surface area contributed by atoms with E-state index in [4.69, 9.17) is 16.9 Å². The monoisotopic (exact) mass is 370 g/mol. The van der Waals surface area contributed by atoms with Gasteiger partial charge in [0.05, 0.1) is 16.3 Å². The number of benzene rings is 2. The summed E-state index contributed by atoms with van der Waals surface area (Å²) in [5, 5.41) is 9.24. The molecule has 0 bridgehead atoms. The summed E-state index contributed by atoms with van der Waals surface area (Å²) in [7, 11) is -3.87. The molecule has 7 heteroatoms. The van der Waals surface area contributed by atoms with Crippen LogP contribution in [0.3, 0.4) is 0 Å². The van der Waals surface area contributed by atoms with Crippen LogP contribution in [-0.4, -0.2) is 8.42 Å². The summed E-state index contributed by atoms with van der Waals surface area (Å²) in [6.07, 6.45) is 0. The van der Waals surface area contributed by atoms with Crippen LogP contribution in [0.25, 0.3) is 0 Å². The van der Waals surface area contributed by atoms with Gasteiger partial charge in [0, 0.05) is 4.47 Å². The highest BCUT2D eigenvalue weighted by Gasteiger charge is 2.19. The Kier molecular flexibility index (Phi) is 4.33. The Morgan fingerprint density at radius 3 is 2.60 bits per heavy atom. The molecule has 0 radical (unpaired) electrons. The van der Waals surface area contributed by atoms with Gasteiger partial charge in [0.2, 0.25) is 0 Å². The van der Waals surface area contributed by atoms with Crippen molar-refractivity contribution in [3.63, 3.8) is 0 Å². The van der Waals surface area contributed by atoms with E-state index in [0.717, 1.165) is 0 Å². The van der Waals surface area contributed by atoms with Gasteiger partial charge in [-0.25, -0.2) is 8.42 Å². The van der Waals surface area contributed by atoms with Crippen molar-refractivity contribution in [1.82, 2.24) is 0 Å². The molecule has 0 heterocycles. The van der Waals surface area contributed by atoms with Crippen molar-refractivity contribution >= 4 is 43.2 Å². The number of nitriles is 1. The number of rotatable bonds is 3. The molecule has 20 heavy (non-hydrogen) atoms. The third-order valence-corrected chi connectivity index (χ3v) is 4.72. The fraction of sp³-hybridized carbons (Fsp3) is 0. The van der Waals surface area contributed by atoms with Crippen LogP contribution in [0.15, 0.2) is 51.8 Å². The number of nitrogens with zero attached hydrogens (tertiary/aromatic N) is 1. The molecule has 0 unspecified atom stereocenters. The lowest BCUT2D eigenvalue weighted by Gasteiger charge is -2.11. The third kappa shape index (κ3) is 3.12. The van der Waals surface area contributed by atoms with Crippen LogP contribution in [-0.2, 0) is 10.0 Å². The van der Waals surface area contributed by atoms with Gasteiger partial charge in [0.15, 0.2) is 0 Å². The Labute approximate surface area is 130 Å². The van der Waals surface area contributed by atoms with E-state index in [2.05, 4.69) is 20.7 Å². The van der Waals surface area contributed by atoms with Crippen LogP contribution >= 0.6 is 27.5 Å². The first-order chi connectivity index (χ1) is 9.44. The Balaban J connectivity index is 2.47. The van der Waals surface area contributed by atoms with Crippen molar-refractivity contribution < 1.29 is 8.42 Å². The highest BCUT2D eigenvalue weighted by atomic mass is 79.9. The van der Waals surface area contributed by atoms with Crippen LogP contribution in [0.1, 0.15) is 5.56 Å². The first-order valence-corrected chi connectivity index (χ1v) is 8.06. The van der Waals surface area contributed by atoms with Gasteiger partial charge in [-0.3, -0.25) is 4.72 Å². The standard InChI is InChI=1S/C13H8BrClN2O2S/c14-10-5-6-11(15)12(7-10)17-20(18,19)13-4-2-1-3-9(13)8-16/h1-7,17H. The summed E-state index contributed by atoms with van der Waals surface area (Å²) in [5.74, 6) is 0. The quantitative estimate of drug-likeness (QED) is 0.892. The summed E-state index contributed by atoms with van der Waals surface area (Å²) in [6, 6.07) is 12.6. The smallest absolute Gasteiger partial charge is 0.263 e. The van der Waals surface area contributed by atoms with E-state index in [1.807, 2.05) is 6.07 Å². The Bertz CT molecular complexity index is 800. The molecule has 2 rings (SSSR count). The third-order valence-electron chi connectivity index (χ3n) is 2.47. The normalized spacial score (nSPS) is 10.8. The molecule has 0 spiro atoms. The Morgan fingerprint density at radius 1 is 1.20 bits per heavy atom. The molecule has 0 aliphatic heterocycles. The molecule has 102 valence electrons. The number of sulfonamides is 1. The maximum absolute atomic E-state index is 12.3. The van der Waals surface area contributed by atoms with Crippen LogP contribution in [0.4, 0.5) is 5.69 Å². The average Bonchev–Trinajstić information content (AvgIpc) is 2.42. The maximum atomic E-state index is 12.3. The van der Waals surface area contributed by atoms with Gasteiger partial charge in [0.1, 0.15) is 11.0 Å². The van der Waals surface area contributed by atoms with Gasteiger partial charge in [-0.2, -0.15) is 5.26 Å². The number of hydrogen-bond donors (Lipinski definition) is 1. The molecule has 2 aromatic rings. The lowest BCUT2D eigenvalue weighted by atomic mass is 10.2. The molecule has 0 aliphatic rings. The minimum absolute atomic E-state index is 0.0751. The first-order valence-electron chi connectivity index (χ1n) is 5.41. The van der Waals surface area contributed by atoms with Gasteiger partial charge in [-0.15, -0.1) is 0 Å². The second-order valence-corrected chi connectivity index (χ2v) is 6.81. The maximum Gasteiger partial charge on any atom is 0.263 e. The lowest BCUT2D eigenvalue weighted by molar-refractivity contribution is 0.601. The van der Waals surface area contributed by atoms with Crippen molar-refractivity contribution in [2.24, 2.45) is 0 Å². The molecule has 1 N–H and O–H groups in total. The molecular weight excluding hydrogens is 364 g/mol. The van der Waals surface area contributed by atoms with E-state index < -0.39 is 10.0 Å². The minimum Gasteiger partial charge on any atom is -0.278 e. The SMILES string of the molecule is N#Cc1ccccc1S(=O)(=O)Nc1cc(Br)ccc1Cl. The van der Waals surface area contributed by atoms with E-state index in [-0.39, 0.29) is 21.2 Å². The van der Waals surface area contributed by atoms with Crippen molar-refractivity contribution in [2.75, 3.05) is 4.72 Å². The van der Waals surface area contributed by atoms with Gasteiger partial charge in [-0.05, 0) is 30.3 Å². The average molecular weight is 372 g/mol. The number of nitrogens with one attached hydrogen (secondary N) is 1. The number of hydrogen-bond acceptors (Lipinski definition) is 3. The van der Waals surface area contributed by atoms with E-state index >= 15 is 0 Å². The molecule has 0 aliphatic carbocycles. The van der Waals surface area contributed by atoms with Crippen LogP contribution in [0.5, 0.6) is 0 Å². The zero-order valence-corrected chi connectivity index (χ0v) is 13.1. The molecule has 0 aromatic heterocycles. The van der Waals surface area contributed by atoms with Crippen molar-refractivity contribution in [3.8, 4) is 6.07 Å². The molecule has 0 saturated heterocycles. The largest absolute Gasteiger partial charge is 0.278 e. The molecule has 4 nitrogen and oxygen atoms in total. The van der Waals surface area contributed by atoms with Crippen molar-refractivity contribution in [2.45, 2.75) is 4.90 Å². The molecule has 2 aromatic carbocycles.